The molecule has 128 valence electrons. The fourth-order valence-corrected chi connectivity index (χ4v) is 2.72. The van der Waals surface area contributed by atoms with E-state index in [2.05, 4.69) is 0 Å². The molecule has 2 rings (SSSR count). The van der Waals surface area contributed by atoms with Gasteiger partial charge in [-0.3, -0.25) is 4.79 Å². The van der Waals surface area contributed by atoms with Crippen molar-refractivity contribution >= 4 is 18.0 Å². The lowest BCUT2D eigenvalue weighted by atomic mass is 10.0. The van der Waals surface area contributed by atoms with Crippen molar-refractivity contribution < 1.29 is 23.8 Å². The summed E-state index contributed by atoms with van der Waals surface area (Å²) >= 11 is 0. The Bertz CT molecular complexity index is 733. The van der Waals surface area contributed by atoms with E-state index in [0.29, 0.717) is 34.9 Å². The highest BCUT2D eigenvalue weighted by atomic mass is 16.5. The van der Waals surface area contributed by atoms with Crippen LogP contribution >= 0.6 is 0 Å². The van der Waals surface area contributed by atoms with Crippen LogP contribution in [0.3, 0.4) is 0 Å². The molecular formula is C18H21NO5. The van der Waals surface area contributed by atoms with Crippen molar-refractivity contribution in [2.45, 2.75) is 13.8 Å². The van der Waals surface area contributed by atoms with Crippen molar-refractivity contribution in [1.29, 1.82) is 0 Å². The van der Waals surface area contributed by atoms with Crippen LogP contribution in [0.15, 0.2) is 35.0 Å². The molecule has 0 atom stereocenters. The van der Waals surface area contributed by atoms with Gasteiger partial charge in [-0.05, 0) is 37.6 Å². The molecule has 0 saturated carbocycles. The molecule has 1 aliphatic rings. The summed E-state index contributed by atoms with van der Waals surface area (Å²) in [6.45, 7) is 4.08. The maximum Gasteiger partial charge on any atom is 0.340 e. The van der Waals surface area contributed by atoms with E-state index in [9.17, 15) is 9.59 Å². The van der Waals surface area contributed by atoms with Crippen molar-refractivity contribution in [3.8, 4) is 11.5 Å². The molecule has 0 radical (unpaired) electrons. The van der Waals surface area contributed by atoms with Crippen molar-refractivity contribution in [2.24, 2.45) is 0 Å². The van der Waals surface area contributed by atoms with E-state index < -0.39 is 5.97 Å². The summed E-state index contributed by atoms with van der Waals surface area (Å²) in [4.78, 5) is 26.3. The van der Waals surface area contributed by atoms with Crippen LogP contribution in [-0.4, -0.2) is 44.7 Å². The Morgan fingerprint density at radius 3 is 2.38 bits per heavy atom. The first kappa shape index (κ1) is 17.6. The zero-order chi connectivity index (χ0) is 17.9. The second-order valence-electron chi connectivity index (χ2n) is 5.17. The van der Waals surface area contributed by atoms with Crippen LogP contribution < -0.4 is 9.47 Å². The quantitative estimate of drug-likeness (QED) is 0.612. The lowest BCUT2D eigenvalue weighted by molar-refractivity contribution is -0.136. The molecule has 0 unspecified atom stereocenters. The van der Waals surface area contributed by atoms with Gasteiger partial charge in [0.1, 0.15) is 0 Å². The van der Waals surface area contributed by atoms with Gasteiger partial charge in [-0.15, -0.1) is 0 Å². The van der Waals surface area contributed by atoms with Crippen LogP contribution in [0.5, 0.6) is 11.5 Å². The Morgan fingerprint density at radius 2 is 1.83 bits per heavy atom. The Hall–Kier alpha value is -2.76. The zero-order valence-electron chi connectivity index (χ0n) is 14.5. The van der Waals surface area contributed by atoms with Crippen molar-refractivity contribution in [3.05, 3.63) is 40.6 Å². The predicted octanol–water partition coefficient (Wildman–Crippen LogP) is 2.40. The molecule has 0 saturated heterocycles. The molecule has 1 heterocycles. The first-order valence-corrected chi connectivity index (χ1v) is 7.53. The normalized spacial score (nSPS) is 16.0. The van der Waals surface area contributed by atoms with Gasteiger partial charge in [-0.25, -0.2) is 4.79 Å². The van der Waals surface area contributed by atoms with Crippen LogP contribution in [0.2, 0.25) is 0 Å². The molecule has 24 heavy (non-hydrogen) atoms. The van der Waals surface area contributed by atoms with Gasteiger partial charge in [0.15, 0.2) is 11.5 Å². The average molecular weight is 331 g/mol. The van der Waals surface area contributed by atoms with E-state index in [4.69, 9.17) is 14.2 Å². The third kappa shape index (κ3) is 2.99. The average Bonchev–Trinajstić information content (AvgIpc) is 2.83. The van der Waals surface area contributed by atoms with E-state index in [1.807, 2.05) is 6.92 Å². The number of carbonyl (C=O) groups is 2. The Labute approximate surface area is 141 Å². The molecule has 0 fully saturated rings. The SMILES string of the molecule is CCN1C(=O)/C(=C\c2ccc(OC)c(OC)c2)C(C(=O)OC)=C1C. The standard InChI is InChI=1S/C18H21NO5/c1-6-19-11(2)16(18(21)24-5)13(17(19)20)9-12-7-8-14(22-3)15(10-12)23-4/h7-10H,6H2,1-5H3/b13-9-. The smallest absolute Gasteiger partial charge is 0.340 e. The summed E-state index contributed by atoms with van der Waals surface area (Å²) in [5, 5.41) is 0. The van der Waals surface area contributed by atoms with Crippen LogP contribution in [-0.2, 0) is 14.3 Å². The van der Waals surface area contributed by atoms with Gasteiger partial charge in [0, 0.05) is 12.2 Å². The number of carbonyl (C=O) groups excluding carboxylic acids is 2. The number of hydrogen-bond donors (Lipinski definition) is 0. The van der Waals surface area contributed by atoms with Crippen LogP contribution in [0.25, 0.3) is 6.08 Å². The van der Waals surface area contributed by atoms with Gasteiger partial charge in [0.05, 0.1) is 32.5 Å². The van der Waals surface area contributed by atoms with Crippen molar-refractivity contribution in [1.82, 2.24) is 4.90 Å². The fourth-order valence-electron chi connectivity index (χ4n) is 2.72. The molecular weight excluding hydrogens is 310 g/mol. The number of esters is 1. The van der Waals surface area contributed by atoms with Gasteiger partial charge in [-0.2, -0.15) is 0 Å². The van der Waals surface area contributed by atoms with Gasteiger partial charge in [0.2, 0.25) is 0 Å². The minimum Gasteiger partial charge on any atom is -0.493 e. The number of rotatable bonds is 5. The molecule has 6 heteroatoms. The summed E-state index contributed by atoms with van der Waals surface area (Å²) in [6.07, 6.45) is 1.66. The van der Waals surface area contributed by atoms with Gasteiger partial charge in [0.25, 0.3) is 5.91 Å². The summed E-state index contributed by atoms with van der Waals surface area (Å²) in [5.74, 6) is 0.395. The molecule has 0 aliphatic carbocycles. The number of methoxy groups -OCH3 is 3. The summed E-state index contributed by atoms with van der Waals surface area (Å²) < 4.78 is 15.3. The highest BCUT2D eigenvalue weighted by Crippen LogP contribution is 2.33. The van der Waals surface area contributed by atoms with E-state index >= 15 is 0 Å². The third-order valence-electron chi connectivity index (χ3n) is 3.94. The van der Waals surface area contributed by atoms with Crippen LogP contribution in [0.1, 0.15) is 19.4 Å². The first-order chi connectivity index (χ1) is 11.5. The third-order valence-corrected chi connectivity index (χ3v) is 3.94. The topological polar surface area (TPSA) is 65.1 Å². The summed E-state index contributed by atoms with van der Waals surface area (Å²) in [6, 6.07) is 5.29. The van der Waals surface area contributed by atoms with E-state index in [1.165, 1.54) is 14.2 Å². The van der Waals surface area contributed by atoms with Crippen molar-refractivity contribution in [3.63, 3.8) is 0 Å². The van der Waals surface area contributed by atoms with E-state index in [1.54, 1.807) is 43.2 Å². The largest absolute Gasteiger partial charge is 0.493 e. The number of amides is 1. The molecule has 1 aromatic rings. The molecule has 0 N–H and O–H groups in total. The molecule has 1 aliphatic heterocycles. The monoisotopic (exact) mass is 331 g/mol. The highest BCUT2D eigenvalue weighted by Gasteiger charge is 2.36. The second-order valence-corrected chi connectivity index (χ2v) is 5.17. The first-order valence-electron chi connectivity index (χ1n) is 7.53. The molecule has 6 nitrogen and oxygen atoms in total. The second kappa shape index (κ2) is 7.21. The maximum atomic E-state index is 12.6. The minimum atomic E-state index is -0.525. The Balaban J connectivity index is 2.54. The number of likely N-dealkylation sites (N-methyl/N-ethyl adjacent to an activating group) is 1. The Morgan fingerprint density at radius 1 is 1.17 bits per heavy atom. The van der Waals surface area contributed by atoms with Crippen LogP contribution in [0, 0.1) is 0 Å². The minimum absolute atomic E-state index is 0.217. The number of benzene rings is 1. The van der Waals surface area contributed by atoms with E-state index in [-0.39, 0.29) is 5.91 Å². The van der Waals surface area contributed by atoms with Gasteiger partial charge < -0.3 is 19.1 Å². The lowest BCUT2D eigenvalue weighted by Gasteiger charge is -2.14. The molecule has 1 aromatic carbocycles. The maximum absolute atomic E-state index is 12.6. The highest BCUT2D eigenvalue weighted by molar-refractivity contribution is 6.16. The van der Waals surface area contributed by atoms with E-state index in [0.717, 1.165) is 5.56 Å². The predicted molar refractivity (Wildman–Crippen MR) is 89.6 cm³/mol. The molecule has 0 spiro atoms. The van der Waals surface area contributed by atoms with Crippen molar-refractivity contribution in [2.75, 3.05) is 27.9 Å². The van der Waals surface area contributed by atoms with Gasteiger partial charge >= 0.3 is 5.97 Å². The fraction of sp³-hybridized carbons (Fsp3) is 0.333. The lowest BCUT2D eigenvalue weighted by Crippen LogP contribution is -2.24. The summed E-state index contributed by atoms with van der Waals surface area (Å²) in [7, 11) is 4.39. The number of hydrogen-bond acceptors (Lipinski definition) is 5. The number of ether oxygens (including phenoxy) is 3. The molecule has 1 amide bonds. The van der Waals surface area contributed by atoms with Crippen LogP contribution in [0.4, 0.5) is 0 Å². The van der Waals surface area contributed by atoms with Gasteiger partial charge in [-0.1, -0.05) is 6.07 Å². The summed E-state index contributed by atoms with van der Waals surface area (Å²) in [5.41, 5.74) is 1.93. The molecule has 0 aromatic heterocycles. The number of allylic oxidation sites excluding steroid dienone is 1. The molecule has 0 bridgehead atoms. The zero-order valence-corrected chi connectivity index (χ0v) is 14.5. The Kier molecular flexibility index (Phi) is 5.28. The number of nitrogens with zero attached hydrogens (tertiary/aromatic N) is 1.